The number of nitrogens with one attached hydrogen (secondary N) is 1. The molecule has 1 saturated heterocycles. The van der Waals surface area contributed by atoms with Crippen LogP contribution in [0.25, 0.3) is 0 Å². The Balaban J connectivity index is 2.13. The van der Waals surface area contributed by atoms with Crippen molar-refractivity contribution in [3.8, 4) is 5.75 Å². The van der Waals surface area contributed by atoms with Gasteiger partial charge in [0.2, 0.25) is 0 Å². The number of hydrogen-bond donors (Lipinski definition) is 1. The van der Waals surface area contributed by atoms with Crippen molar-refractivity contribution in [1.29, 1.82) is 0 Å². The van der Waals surface area contributed by atoms with Crippen LogP contribution in [-0.2, 0) is 0 Å². The molecular formula is C13H16F3NO. The Bertz CT molecular complexity index is 411. The zero-order valence-electron chi connectivity index (χ0n) is 10.2. The molecule has 0 radical (unpaired) electrons. The number of rotatable bonds is 2. The highest BCUT2D eigenvalue weighted by Gasteiger charge is 2.31. The van der Waals surface area contributed by atoms with Gasteiger partial charge in [-0.2, -0.15) is 0 Å². The molecule has 0 bridgehead atoms. The molecule has 0 aliphatic carbocycles. The van der Waals surface area contributed by atoms with Gasteiger partial charge in [0.25, 0.3) is 0 Å². The smallest absolute Gasteiger partial charge is 0.406 e. The number of halogens is 3. The van der Waals surface area contributed by atoms with Gasteiger partial charge >= 0.3 is 6.36 Å². The molecule has 0 aromatic heterocycles. The van der Waals surface area contributed by atoms with Crippen LogP contribution in [0.15, 0.2) is 18.2 Å². The average molecular weight is 259 g/mol. The van der Waals surface area contributed by atoms with Crippen molar-refractivity contribution in [3.63, 3.8) is 0 Å². The predicted octanol–water partition coefficient (Wildman–Crippen LogP) is 3.36. The zero-order chi connectivity index (χ0) is 13.2. The number of hydrogen-bond acceptors (Lipinski definition) is 2. The molecule has 1 aromatic rings. The van der Waals surface area contributed by atoms with E-state index in [4.69, 9.17) is 0 Å². The van der Waals surface area contributed by atoms with Gasteiger partial charge < -0.3 is 10.1 Å². The number of benzene rings is 1. The number of piperidine rings is 1. The fourth-order valence-electron chi connectivity index (χ4n) is 2.32. The van der Waals surface area contributed by atoms with Crippen molar-refractivity contribution in [2.75, 3.05) is 13.1 Å². The number of ether oxygens (including phenoxy) is 1. The first-order valence-corrected chi connectivity index (χ1v) is 6.03. The summed E-state index contributed by atoms with van der Waals surface area (Å²) in [6.45, 7) is 3.57. The van der Waals surface area contributed by atoms with E-state index in [0.717, 1.165) is 31.5 Å². The van der Waals surface area contributed by atoms with Gasteiger partial charge in [-0.05, 0) is 56.0 Å². The van der Waals surface area contributed by atoms with Crippen LogP contribution in [0.5, 0.6) is 5.75 Å². The Morgan fingerprint density at radius 1 is 1.22 bits per heavy atom. The third-order valence-electron chi connectivity index (χ3n) is 3.24. The summed E-state index contributed by atoms with van der Waals surface area (Å²) >= 11 is 0. The highest BCUT2D eigenvalue weighted by atomic mass is 19.4. The van der Waals surface area contributed by atoms with Gasteiger partial charge in [-0.25, -0.2) is 0 Å². The molecule has 1 fully saturated rings. The molecule has 100 valence electrons. The summed E-state index contributed by atoms with van der Waals surface area (Å²) in [5.74, 6) is 0.324. The fourth-order valence-corrected chi connectivity index (χ4v) is 2.32. The molecule has 0 unspecified atom stereocenters. The monoisotopic (exact) mass is 259 g/mol. The van der Waals surface area contributed by atoms with Crippen LogP contribution in [0, 0.1) is 6.92 Å². The molecule has 1 heterocycles. The molecule has 5 heteroatoms. The molecule has 1 N–H and O–H groups in total. The standard InChI is InChI=1S/C13H16F3NO/c1-9-8-11(10-4-6-17-7-5-10)2-3-12(9)18-13(14,15)16/h2-3,8,10,17H,4-7H2,1H3. The van der Waals surface area contributed by atoms with Crippen LogP contribution >= 0.6 is 0 Å². The highest BCUT2D eigenvalue weighted by molar-refractivity contribution is 5.38. The van der Waals surface area contributed by atoms with E-state index in [0.29, 0.717) is 11.5 Å². The first-order chi connectivity index (χ1) is 8.46. The Hall–Kier alpha value is -1.23. The number of alkyl halides is 3. The van der Waals surface area contributed by atoms with Crippen LogP contribution in [0.4, 0.5) is 13.2 Å². The Morgan fingerprint density at radius 3 is 2.44 bits per heavy atom. The molecule has 2 nitrogen and oxygen atoms in total. The molecule has 0 amide bonds. The lowest BCUT2D eigenvalue weighted by molar-refractivity contribution is -0.274. The first kappa shape index (κ1) is 13.2. The molecule has 0 spiro atoms. The third kappa shape index (κ3) is 3.38. The summed E-state index contributed by atoms with van der Waals surface area (Å²) in [6, 6.07) is 4.96. The normalized spacial score (nSPS) is 17.8. The summed E-state index contributed by atoms with van der Waals surface area (Å²) in [6.07, 6.45) is -2.57. The quantitative estimate of drug-likeness (QED) is 0.879. The van der Waals surface area contributed by atoms with Crippen molar-refractivity contribution >= 4 is 0 Å². The molecular weight excluding hydrogens is 243 g/mol. The van der Waals surface area contributed by atoms with Crippen LogP contribution in [0.1, 0.15) is 29.9 Å². The van der Waals surface area contributed by atoms with Gasteiger partial charge in [0, 0.05) is 0 Å². The van der Waals surface area contributed by atoms with Crippen LogP contribution < -0.4 is 10.1 Å². The molecule has 0 atom stereocenters. The maximum atomic E-state index is 12.1. The molecule has 2 rings (SSSR count). The van der Waals surface area contributed by atoms with E-state index in [-0.39, 0.29) is 5.75 Å². The van der Waals surface area contributed by atoms with Crippen LogP contribution in [0.2, 0.25) is 0 Å². The third-order valence-corrected chi connectivity index (χ3v) is 3.24. The molecule has 1 aliphatic rings. The minimum atomic E-state index is -4.62. The van der Waals surface area contributed by atoms with Gasteiger partial charge in [-0.15, -0.1) is 13.2 Å². The average Bonchev–Trinajstić information content (AvgIpc) is 2.31. The van der Waals surface area contributed by atoms with Gasteiger partial charge in [-0.1, -0.05) is 12.1 Å². The van der Waals surface area contributed by atoms with Crippen molar-refractivity contribution in [2.45, 2.75) is 32.0 Å². The summed E-state index contributed by atoms with van der Waals surface area (Å²) in [5.41, 5.74) is 1.63. The van der Waals surface area contributed by atoms with E-state index < -0.39 is 6.36 Å². The van der Waals surface area contributed by atoms with E-state index in [9.17, 15) is 13.2 Å². The van der Waals surface area contributed by atoms with Crippen LogP contribution in [-0.4, -0.2) is 19.5 Å². The second-order valence-electron chi connectivity index (χ2n) is 4.60. The molecule has 0 saturated carbocycles. The molecule has 1 aliphatic heterocycles. The first-order valence-electron chi connectivity index (χ1n) is 6.03. The van der Waals surface area contributed by atoms with Crippen molar-refractivity contribution < 1.29 is 17.9 Å². The van der Waals surface area contributed by atoms with E-state index >= 15 is 0 Å². The Morgan fingerprint density at radius 2 is 1.89 bits per heavy atom. The Labute approximate surface area is 104 Å². The van der Waals surface area contributed by atoms with Crippen molar-refractivity contribution in [2.24, 2.45) is 0 Å². The summed E-state index contributed by atoms with van der Waals surface area (Å²) < 4.78 is 40.4. The van der Waals surface area contributed by atoms with Gasteiger partial charge in [0.15, 0.2) is 0 Å². The van der Waals surface area contributed by atoms with Crippen molar-refractivity contribution in [3.05, 3.63) is 29.3 Å². The fraction of sp³-hybridized carbons (Fsp3) is 0.538. The largest absolute Gasteiger partial charge is 0.573 e. The number of aryl methyl sites for hydroxylation is 1. The van der Waals surface area contributed by atoms with E-state index in [1.54, 1.807) is 19.1 Å². The van der Waals surface area contributed by atoms with E-state index in [1.807, 2.05) is 0 Å². The summed E-state index contributed by atoms with van der Waals surface area (Å²) in [5, 5.41) is 3.27. The van der Waals surface area contributed by atoms with Gasteiger partial charge in [0.1, 0.15) is 5.75 Å². The van der Waals surface area contributed by atoms with Gasteiger partial charge in [0.05, 0.1) is 0 Å². The second kappa shape index (κ2) is 5.18. The maximum Gasteiger partial charge on any atom is 0.573 e. The van der Waals surface area contributed by atoms with Crippen LogP contribution in [0.3, 0.4) is 0 Å². The van der Waals surface area contributed by atoms with E-state index in [1.165, 1.54) is 6.07 Å². The zero-order valence-corrected chi connectivity index (χ0v) is 10.2. The molecule has 1 aromatic carbocycles. The van der Waals surface area contributed by atoms with E-state index in [2.05, 4.69) is 10.1 Å². The minimum Gasteiger partial charge on any atom is -0.406 e. The maximum absolute atomic E-state index is 12.1. The lowest BCUT2D eigenvalue weighted by Gasteiger charge is -2.23. The SMILES string of the molecule is Cc1cc(C2CCNCC2)ccc1OC(F)(F)F. The lowest BCUT2D eigenvalue weighted by Crippen LogP contribution is -2.26. The van der Waals surface area contributed by atoms with Crippen molar-refractivity contribution in [1.82, 2.24) is 5.32 Å². The highest BCUT2D eigenvalue weighted by Crippen LogP contribution is 2.31. The second-order valence-corrected chi connectivity index (χ2v) is 4.60. The summed E-state index contributed by atoms with van der Waals surface area (Å²) in [4.78, 5) is 0. The van der Waals surface area contributed by atoms with Gasteiger partial charge in [-0.3, -0.25) is 0 Å². The summed E-state index contributed by atoms with van der Waals surface area (Å²) in [7, 11) is 0. The predicted molar refractivity (Wildman–Crippen MR) is 62.7 cm³/mol. The molecule has 18 heavy (non-hydrogen) atoms. The Kier molecular flexibility index (Phi) is 3.80. The lowest BCUT2D eigenvalue weighted by atomic mass is 9.89. The minimum absolute atomic E-state index is 0.111. The topological polar surface area (TPSA) is 21.3 Å².